The lowest BCUT2D eigenvalue weighted by Gasteiger charge is -1.97. The zero-order chi connectivity index (χ0) is 62.7. The van der Waals surface area contributed by atoms with Gasteiger partial charge in [-0.3, -0.25) is 9.78 Å². The highest BCUT2D eigenvalue weighted by atomic mass is 16.5. The standard InChI is InChI=1S/C12H9N7.2C11H7N7.2C11H6N6O/c1-18-6-5-11(15-18)12-14-17-19(16-12)10-4-2-3-9(7-10)8-13;12-7-8-2-1-3-9(6-8)18-16-11(15-17-18)10-13-4-5-14-10;12-7-8-2-1-3-9(6-8)18-16-11(15-17-18)10-4-5-13-14-10;12-5-8-2-1-3-9(4-8)17-15-11(14-16-17)10-6-18-7-13-10;12-7-8-2-1-3-9(6-8)17-14-11(13-16-17)10-4-5-18-15-10/h2-7H,1H3;2*1-6H,(H,13,14);1-4,6-7H;1-6H. The average molecular weight is 1200 g/mol. The minimum absolute atomic E-state index is 0.367. The lowest BCUT2D eigenvalue weighted by Crippen LogP contribution is -1.99. The Balaban J connectivity index is 0.000000117. The summed E-state index contributed by atoms with van der Waals surface area (Å²) < 4.78 is 11.2. The molecule has 5 aromatic carbocycles. The topological polar surface area (TPSA) is 464 Å². The third-order valence-corrected chi connectivity index (χ3v) is 11.8. The normalized spacial score (nSPS) is 10.2. The van der Waals surface area contributed by atoms with E-state index >= 15 is 0 Å². The van der Waals surface area contributed by atoms with Crippen LogP contribution in [-0.2, 0) is 7.05 Å². The second kappa shape index (κ2) is 27.6. The van der Waals surface area contributed by atoms with Crippen molar-refractivity contribution in [2.45, 2.75) is 0 Å². The molecule has 10 heterocycles. The Hall–Kier alpha value is -15.1. The van der Waals surface area contributed by atoms with Crippen molar-refractivity contribution in [3.8, 4) is 117 Å². The van der Waals surface area contributed by atoms with Crippen molar-refractivity contribution in [1.82, 2.24) is 141 Å². The number of hydrogen-bond acceptors (Lipinski definition) is 27. The molecule has 0 saturated heterocycles. The lowest BCUT2D eigenvalue weighted by atomic mass is 10.2. The molecular weight excluding hydrogens is 1170 g/mol. The maximum atomic E-state index is 8.87. The van der Waals surface area contributed by atoms with Crippen LogP contribution in [0.15, 0.2) is 192 Å². The molecule has 0 saturated carbocycles. The van der Waals surface area contributed by atoms with E-state index in [1.54, 1.807) is 151 Å². The van der Waals surface area contributed by atoms with Crippen LogP contribution in [0.1, 0.15) is 27.8 Å². The average Bonchev–Trinajstić information content (AvgIpc) is 2.33. The van der Waals surface area contributed by atoms with E-state index in [1.165, 1.54) is 42.9 Å². The molecule has 2 N–H and O–H groups in total. The van der Waals surface area contributed by atoms with Gasteiger partial charge in [-0.1, -0.05) is 35.5 Å². The van der Waals surface area contributed by atoms with Gasteiger partial charge in [-0.2, -0.15) is 36.5 Å². The van der Waals surface area contributed by atoms with Crippen molar-refractivity contribution < 1.29 is 8.94 Å². The van der Waals surface area contributed by atoms with Crippen LogP contribution >= 0.6 is 0 Å². The van der Waals surface area contributed by atoms with Crippen LogP contribution in [-0.4, -0.2) is 141 Å². The molecule has 0 bridgehead atoms. The Bertz CT molecular complexity index is 4570. The monoisotopic (exact) mass is 1200 g/mol. The minimum atomic E-state index is 0.367. The first kappa shape index (κ1) is 57.8. The molecule has 35 heteroatoms. The van der Waals surface area contributed by atoms with E-state index < -0.39 is 0 Å². The van der Waals surface area contributed by atoms with E-state index in [0.717, 1.165) is 0 Å². The van der Waals surface area contributed by atoms with Crippen LogP contribution in [0.25, 0.3) is 86.2 Å². The molecule has 35 nitrogen and oxygen atoms in total. The molecule has 0 fully saturated rings. The number of hydrogen-bond donors (Lipinski definition) is 2. The molecule has 15 rings (SSSR count). The molecule has 0 atom stereocenters. The summed E-state index contributed by atoms with van der Waals surface area (Å²) in [5.74, 6) is 2.59. The van der Waals surface area contributed by atoms with Gasteiger partial charge in [0.25, 0.3) is 0 Å². The van der Waals surface area contributed by atoms with Crippen LogP contribution in [0.2, 0.25) is 0 Å². The molecule has 0 radical (unpaired) electrons. The van der Waals surface area contributed by atoms with Crippen molar-refractivity contribution in [2.24, 2.45) is 7.05 Å². The third kappa shape index (κ3) is 14.3. The largest absolute Gasteiger partial charge is 0.451 e. The Morgan fingerprint density at radius 2 is 0.857 bits per heavy atom. The summed E-state index contributed by atoms with van der Waals surface area (Å²) in [5, 5.41) is 119. The number of rotatable bonds is 10. The Morgan fingerprint density at radius 3 is 1.23 bits per heavy atom. The Morgan fingerprint density at radius 1 is 0.429 bits per heavy atom. The number of tetrazole rings is 5. The summed E-state index contributed by atoms with van der Waals surface area (Å²) in [6.07, 6.45) is 10.9. The summed E-state index contributed by atoms with van der Waals surface area (Å²) in [4.78, 5) is 17.7. The van der Waals surface area contributed by atoms with Crippen molar-refractivity contribution in [1.29, 1.82) is 26.3 Å². The number of nitrogens with one attached hydrogen (secondary N) is 2. The Labute approximate surface area is 509 Å². The summed E-state index contributed by atoms with van der Waals surface area (Å²) >= 11 is 0. The van der Waals surface area contributed by atoms with Gasteiger partial charge in [-0.25, -0.2) is 9.97 Å². The van der Waals surface area contributed by atoms with Crippen molar-refractivity contribution in [2.75, 3.05) is 0 Å². The molecule has 0 unspecified atom stereocenters. The smallest absolute Gasteiger partial charge is 0.240 e. The van der Waals surface area contributed by atoms with Gasteiger partial charge in [0.2, 0.25) is 29.1 Å². The number of H-pyrrole nitrogens is 2. The van der Waals surface area contributed by atoms with Gasteiger partial charge >= 0.3 is 0 Å². The summed E-state index contributed by atoms with van der Waals surface area (Å²) in [6.45, 7) is 0. The van der Waals surface area contributed by atoms with Gasteiger partial charge in [0.1, 0.15) is 29.6 Å². The first-order chi connectivity index (χ1) is 44.7. The van der Waals surface area contributed by atoms with Gasteiger partial charge in [0.05, 0.1) is 86.6 Å². The maximum absolute atomic E-state index is 8.87. The van der Waals surface area contributed by atoms with Crippen LogP contribution in [0.4, 0.5) is 0 Å². The second-order valence-corrected chi connectivity index (χ2v) is 17.9. The molecule has 436 valence electrons. The zero-order valence-electron chi connectivity index (χ0n) is 46.5. The summed E-state index contributed by atoms with van der Waals surface area (Å²) in [6, 6.07) is 50.3. The third-order valence-electron chi connectivity index (χ3n) is 11.8. The number of aromatic amines is 2. The number of nitriles is 5. The van der Waals surface area contributed by atoms with Gasteiger partial charge in [0.15, 0.2) is 17.9 Å². The molecule has 10 aromatic heterocycles. The van der Waals surface area contributed by atoms with Crippen molar-refractivity contribution in [3.05, 3.63) is 211 Å². The van der Waals surface area contributed by atoms with E-state index in [4.69, 9.17) is 35.2 Å². The number of nitrogens with zero attached hydrogens (tertiary/aromatic N) is 31. The molecular formula is C56H35N33O2. The number of aromatic nitrogens is 28. The molecule has 0 spiro atoms. The van der Waals surface area contributed by atoms with Gasteiger partial charge < -0.3 is 13.9 Å². The number of imidazole rings is 1. The fraction of sp³-hybridized carbons (Fsp3) is 0.0179. The molecule has 0 aliphatic rings. The van der Waals surface area contributed by atoms with Gasteiger partial charge in [-0.15, -0.1) is 75.0 Å². The predicted molar refractivity (Wildman–Crippen MR) is 308 cm³/mol. The highest BCUT2D eigenvalue weighted by Gasteiger charge is 2.15. The SMILES string of the molecule is Cn1ccc(-c2nnn(-c3cccc(C#N)c3)n2)n1.N#Cc1cccc(-n2nnc(-c3ccn[nH]3)n2)c1.N#Cc1cccc(-n2nnc(-c3ccon3)n2)c1.N#Cc1cccc(-n2nnc(-c3cocn3)n2)c1.N#Cc1cccc(-n2nnc(-c3ncc[nH]3)n2)c1. The molecule has 0 aliphatic heterocycles. The Kier molecular flexibility index (Phi) is 17.5. The van der Waals surface area contributed by atoms with Crippen LogP contribution in [0.3, 0.4) is 0 Å². The highest BCUT2D eigenvalue weighted by Crippen LogP contribution is 2.18. The fourth-order valence-electron chi connectivity index (χ4n) is 7.58. The molecule has 0 aliphatic carbocycles. The predicted octanol–water partition coefficient (Wildman–Crippen LogP) is 5.16. The van der Waals surface area contributed by atoms with Gasteiger partial charge in [0, 0.05) is 37.9 Å². The first-order valence-electron chi connectivity index (χ1n) is 26.0. The van der Waals surface area contributed by atoms with Crippen molar-refractivity contribution in [3.63, 3.8) is 0 Å². The van der Waals surface area contributed by atoms with E-state index in [-0.39, 0.29) is 0 Å². The zero-order valence-corrected chi connectivity index (χ0v) is 46.5. The fourth-order valence-corrected chi connectivity index (χ4v) is 7.58. The van der Waals surface area contributed by atoms with Gasteiger partial charge in [-0.05, 0) is 129 Å². The summed E-state index contributed by atoms with van der Waals surface area (Å²) in [7, 11) is 1.82. The molecule has 0 amide bonds. The van der Waals surface area contributed by atoms with E-state index in [9.17, 15) is 0 Å². The van der Waals surface area contributed by atoms with Crippen LogP contribution in [0.5, 0.6) is 0 Å². The quantitative estimate of drug-likeness (QED) is 0.178. The molecule has 91 heavy (non-hydrogen) atoms. The van der Waals surface area contributed by atoms with Crippen LogP contribution < -0.4 is 0 Å². The minimum Gasteiger partial charge on any atom is -0.451 e. The lowest BCUT2D eigenvalue weighted by molar-refractivity contribution is 0.422. The maximum Gasteiger partial charge on any atom is 0.240 e. The highest BCUT2D eigenvalue weighted by molar-refractivity contribution is 5.51. The summed E-state index contributed by atoms with van der Waals surface area (Å²) in [5.41, 5.74) is 8.47. The number of benzene rings is 5. The number of aryl methyl sites for hydroxylation is 1. The van der Waals surface area contributed by atoms with Crippen molar-refractivity contribution >= 4 is 0 Å². The molecule has 15 aromatic rings. The first-order valence-corrected chi connectivity index (χ1v) is 26.0. The van der Waals surface area contributed by atoms with E-state index in [2.05, 4.69) is 143 Å². The van der Waals surface area contributed by atoms with Crippen LogP contribution in [0, 0.1) is 56.7 Å². The van der Waals surface area contributed by atoms with E-state index in [0.29, 0.717) is 114 Å². The second-order valence-electron chi connectivity index (χ2n) is 17.9. The van der Waals surface area contributed by atoms with E-state index in [1.807, 2.05) is 25.4 Å². The number of oxazole rings is 1.